The normalized spacial score (nSPS) is 16.6. The molecule has 4 rings (SSSR count). The number of hydrogen-bond donors (Lipinski definition) is 1. The van der Waals surface area contributed by atoms with Crippen molar-refractivity contribution in [2.45, 2.75) is 31.3 Å². The minimum absolute atomic E-state index is 0.0110. The quantitative estimate of drug-likeness (QED) is 0.370. The Kier molecular flexibility index (Phi) is 5.25. The van der Waals surface area contributed by atoms with E-state index in [1.54, 1.807) is 23.5 Å². The van der Waals surface area contributed by atoms with Crippen molar-refractivity contribution in [1.82, 2.24) is 9.97 Å². The third-order valence-electron chi connectivity index (χ3n) is 4.55. The van der Waals surface area contributed by atoms with E-state index in [4.69, 9.17) is 16.3 Å². The number of H-pyrrole nitrogens is 1. The molecule has 0 bridgehead atoms. The summed E-state index contributed by atoms with van der Waals surface area (Å²) in [5, 5.41) is 2.15. The van der Waals surface area contributed by atoms with Crippen molar-refractivity contribution in [1.29, 1.82) is 0 Å². The van der Waals surface area contributed by atoms with Crippen LogP contribution in [0.5, 0.6) is 5.75 Å². The molecule has 0 saturated carbocycles. The molecule has 1 unspecified atom stereocenters. The van der Waals surface area contributed by atoms with E-state index < -0.39 is 0 Å². The molecule has 1 aliphatic carbocycles. The smallest absolute Gasteiger partial charge is 0.260 e. The number of halogens is 1. The summed E-state index contributed by atoms with van der Waals surface area (Å²) in [6.07, 6.45) is 3.20. The molecule has 3 aromatic rings. The maximum absolute atomic E-state index is 12.6. The van der Waals surface area contributed by atoms with E-state index in [1.165, 1.54) is 22.2 Å². The number of hydrogen-bond acceptors (Lipinski definition) is 5. The summed E-state index contributed by atoms with van der Waals surface area (Å²) in [4.78, 5) is 22.4. The number of aromatic amines is 1. The average molecular weight is 407 g/mol. The van der Waals surface area contributed by atoms with Gasteiger partial charge in [0.15, 0.2) is 5.16 Å². The lowest BCUT2D eigenvalue weighted by atomic mass is 9.89. The molecule has 26 heavy (non-hydrogen) atoms. The van der Waals surface area contributed by atoms with E-state index in [-0.39, 0.29) is 5.56 Å². The number of aromatic nitrogens is 2. The van der Waals surface area contributed by atoms with Gasteiger partial charge in [-0.3, -0.25) is 4.79 Å². The Balaban J connectivity index is 1.44. The van der Waals surface area contributed by atoms with Crippen LogP contribution < -0.4 is 10.3 Å². The third kappa shape index (κ3) is 3.77. The molecule has 7 heteroatoms. The molecule has 0 amide bonds. The number of rotatable bonds is 5. The first kappa shape index (κ1) is 17.9. The van der Waals surface area contributed by atoms with Gasteiger partial charge in [-0.15, -0.1) is 11.3 Å². The Morgan fingerprint density at radius 3 is 3.00 bits per heavy atom. The summed E-state index contributed by atoms with van der Waals surface area (Å²) < 4.78 is 5.68. The van der Waals surface area contributed by atoms with Crippen molar-refractivity contribution < 1.29 is 4.74 Å². The highest BCUT2D eigenvalue weighted by molar-refractivity contribution is 7.99. The number of thiophene rings is 1. The van der Waals surface area contributed by atoms with Gasteiger partial charge in [0.2, 0.25) is 0 Å². The highest BCUT2D eigenvalue weighted by Crippen LogP contribution is 2.36. The second-order valence-corrected chi connectivity index (χ2v) is 9.16. The van der Waals surface area contributed by atoms with Gasteiger partial charge in [0, 0.05) is 15.7 Å². The zero-order chi connectivity index (χ0) is 18.1. The summed E-state index contributed by atoms with van der Waals surface area (Å²) in [5.41, 5.74) is 1.21. The summed E-state index contributed by atoms with van der Waals surface area (Å²) in [6, 6.07) is 7.29. The summed E-state index contributed by atoms with van der Waals surface area (Å²) in [6.45, 7) is 2.81. The Morgan fingerprint density at radius 1 is 1.38 bits per heavy atom. The fraction of sp³-hybridized carbons (Fsp3) is 0.368. The van der Waals surface area contributed by atoms with E-state index in [0.29, 0.717) is 28.5 Å². The zero-order valence-electron chi connectivity index (χ0n) is 14.4. The molecule has 0 spiro atoms. The maximum atomic E-state index is 12.6. The van der Waals surface area contributed by atoms with Crippen molar-refractivity contribution in [2.75, 3.05) is 12.4 Å². The van der Waals surface area contributed by atoms with Gasteiger partial charge in [-0.1, -0.05) is 30.3 Å². The summed E-state index contributed by atoms with van der Waals surface area (Å²) in [7, 11) is 0. The van der Waals surface area contributed by atoms with Gasteiger partial charge in [-0.2, -0.15) is 0 Å². The number of benzene rings is 1. The molecule has 0 aliphatic heterocycles. The van der Waals surface area contributed by atoms with Crippen molar-refractivity contribution >= 4 is 44.9 Å². The number of aryl methyl sites for hydroxylation is 1. The molecular formula is C19H19ClN2O2S2. The minimum Gasteiger partial charge on any atom is -0.493 e. The lowest BCUT2D eigenvalue weighted by molar-refractivity contribution is 0.344. The first-order chi connectivity index (χ1) is 12.6. The van der Waals surface area contributed by atoms with Crippen LogP contribution in [-0.4, -0.2) is 22.3 Å². The van der Waals surface area contributed by atoms with E-state index in [2.05, 4.69) is 16.9 Å². The van der Waals surface area contributed by atoms with Crippen LogP contribution in [0, 0.1) is 5.92 Å². The van der Waals surface area contributed by atoms with Crippen LogP contribution >= 0.6 is 34.7 Å². The lowest BCUT2D eigenvalue weighted by Gasteiger charge is -2.17. The fourth-order valence-corrected chi connectivity index (χ4v) is 5.47. The van der Waals surface area contributed by atoms with E-state index >= 15 is 0 Å². The molecule has 1 aliphatic rings. The molecule has 4 nitrogen and oxygen atoms in total. The highest BCUT2D eigenvalue weighted by atomic mass is 35.5. The van der Waals surface area contributed by atoms with E-state index in [9.17, 15) is 4.79 Å². The Bertz CT molecular complexity index is 982. The molecule has 1 atom stereocenters. The van der Waals surface area contributed by atoms with Gasteiger partial charge in [-0.05, 0) is 55.0 Å². The highest BCUT2D eigenvalue weighted by Gasteiger charge is 2.23. The van der Waals surface area contributed by atoms with Gasteiger partial charge >= 0.3 is 0 Å². The molecule has 0 saturated heterocycles. The van der Waals surface area contributed by atoms with E-state index in [0.717, 1.165) is 35.2 Å². The molecule has 1 N–H and O–H groups in total. The van der Waals surface area contributed by atoms with E-state index in [1.807, 2.05) is 12.1 Å². The Labute approximate surface area is 165 Å². The molecule has 0 radical (unpaired) electrons. The SMILES string of the molecule is CC1CCc2c(sc3nc(SCCOc4ccc(Cl)cc4)[nH]c(=O)c23)C1. The van der Waals surface area contributed by atoms with Gasteiger partial charge in [0.1, 0.15) is 10.6 Å². The first-order valence-electron chi connectivity index (χ1n) is 8.66. The second-order valence-electron chi connectivity index (χ2n) is 6.55. The maximum Gasteiger partial charge on any atom is 0.260 e. The number of thioether (sulfide) groups is 1. The predicted molar refractivity (Wildman–Crippen MR) is 109 cm³/mol. The van der Waals surface area contributed by atoms with Crippen LogP contribution in [0.15, 0.2) is 34.2 Å². The largest absolute Gasteiger partial charge is 0.493 e. The first-order valence-corrected chi connectivity index (χ1v) is 10.8. The molecular weight excluding hydrogens is 388 g/mol. The number of nitrogens with one attached hydrogen (secondary N) is 1. The topological polar surface area (TPSA) is 55.0 Å². The van der Waals surface area contributed by atoms with Gasteiger partial charge < -0.3 is 9.72 Å². The van der Waals surface area contributed by atoms with Crippen molar-refractivity contribution in [3.63, 3.8) is 0 Å². The van der Waals surface area contributed by atoms with Crippen LogP contribution in [0.3, 0.4) is 0 Å². The van der Waals surface area contributed by atoms with Crippen LogP contribution in [0.25, 0.3) is 10.2 Å². The average Bonchev–Trinajstić information content (AvgIpc) is 2.98. The fourth-order valence-electron chi connectivity index (χ4n) is 3.23. The van der Waals surface area contributed by atoms with Crippen molar-refractivity contribution in [2.24, 2.45) is 5.92 Å². The predicted octanol–water partition coefficient (Wildman–Crippen LogP) is 4.93. The van der Waals surface area contributed by atoms with Gasteiger partial charge in [0.05, 0.1) is 12.0 Å². The zero-order valence-corrected chi connectivity index (χ0v) is 16.8. The summed E-state index contributed by atoms with van der Waals surface area (Å²) >= 11 is 9.05. The van der Waals surface area contributed by atoms with Crippen LogP contribution in [0.1, 0.15) is 23.8 Å². The minimum atomic E-state index is -0.0110. The van der Waals surface area contributed by atoms with Crippen LogP contribution in [0.4, 0.5) is 0 Å². The number of fused-ring (bicyclic) bond motifs is 3. The standard InChI is InChI=1S/C19H19ClN2O2S2/c1-11-2-7-14-15(10-11)26-18-16(14)17(23)21-19(22-18)25-9-8-24-13-5-3-12(20)4-6-13/h3-6,11H,2,7-10H2,1H3,(H,21,22,23). The Morgan fingerprint density at radius 2 is 2.19 bits per heavy atom. The number of ether oxygens (including phenoxy) is 1. The van der Waals surface area contributed by atoms with Crippen molar-refractivity contribution in [3.8, 4) is 5.75 Å². The monoisotopic (exact) mass is 406 g/mol. The van der Waals surface area contributed by atoms with Gasteiger partial charge in [0.25, 0.3) is 5.56 Å². The lowest BCUT2D eigenvalue weighted by Crippen LogP contribution is -2.13. The second kappa shape index (κ2) is 7.62. The molecule has 2 heterocycles. The Hall–Kier alpha value is -1.50. The van der Waals surface area contributed by atoms with Gasteiger partial charge in [-0.25, -0.2) is 4.98 Å². The number of nitrogens with zero attached hydrogens (tertiary/aromatic N) is 1. The molecule has 2 aromatic heterocycles. The van der Waals surface area contributed by atoms with Crippen LogP contribution in [0.2, 0.25) is 5.02 Å². The molecule has 136 valence electrons. The van der Waals surface area contributed by atoms with Crippen molar-refractivity contribution in [3.05, 3.63) is 50.1 Å². The molecule has 0 fully saturated rings. The molecule has 1 aromatic carbocycles. The van der Waals surface area contributed by atoms with Crippen LogP contribution in [-0.2, 0) is 12.8 Å². The summed E-state index contributed by atoms with van der Waals surface area (Å²) in [5.74, 6) is 2.18. The third-order valence-corrected chi connectivity index (χ3v) is 6.79.